The smallest absolute Gasteiger partial charge is 0.435 e. The molecule has 1 aromatic heterocycles. The third-order valence-electron chi connectivity index (χ3n) is 7.74. The zero-order valence-corrected chi connectivity index (χ0v) is 20.1. The monoisotopic (exact) mass is 542 g/mol. The molecule has 3 aliphatic rings. The Morgan fingerprint density at radius 1 is 1.11 bits per heavy atom. The Kier molecular flexibility index (Phi) is 5.45. The highest BCUT2D eigenvalue weighted by atomic mass is 19.4. The number of benzene rings is 1. The second kappa shape index (κ2) is 7.95. The van der Waals surface area contributed by atoms with Crippen molar-refractivity contribution < 1.29 is 45.4 Å². The van der Waals surface area contributed by atoms with E-state index < -0.39 is 69.9 Å². The van der Waals surface area contributed by atoms with Crippen molar-refractivity contribution in [3.05, 3.63) is 41.1 Å². The summed E-state index contributed by atoms with van der Waals surface area (Å²) in [5.74, 6) is -4.18. The molecule has 14 heteroatoms. The Morgan fingerprint density at radius 2 is 1.76 bits per heavy atom. The van der Waals surface area contributed by atoms with Crippen LogP contribution in [0.15, 0.2) is 24.3 Å². The first-order chi connectivity index (χ1) is 17.5. The van der Waals surface area contributed by atoms with E-state index in [1.54, 1.807) is 13.8 Å². The fraction of sp³-hybridized carbons (Fsp3) is 0.500. The Hall–Kier alpha value is -3.60. The lowest BCUT2D eigenvalue weighted by molar-refractivity contribution is -0.141. The summed E-state index contributed by atoms with van der Waals surface area (Å²) < 4.78 is 92.2. The first kappa shape index (κ1) is 26.0. The summed E-state index contributed by atoms with van der Waals surface area (Å²) in [6, 6.07) is 4.82. The molecule has 202 valence electrons. The van der Waals surface area contributed by atoms with Gasteiger partial charge in [0.05, 0.1) is 52.5 Å². The number of imide groups is 1. The van der Waals surface area contributed by atoms with Crippen LogP contribution in [-0.2, 0) is 33.7 Å². The van der Waals surface area contributed by atoms with Gasteiger partial charge in [-0.25, -0.2) is 9.58 Å². The van der Waals surface area contributed by atoms with Crippen molar-refractivity contribution in [3.63, 3.8) is 0 Å². The molecule has 2 bridgehead atoms. The number of carbonyl (C=O) groups is 2. The maximum absolute atomic E-state index is 13.5. The van der Waals surface area contributed by atoms with Crippen molar-refractivity contribution in [2.24, 2.45) is 24.8 Å². The minimum absolute atomic E-state index is 0.150. The van der Waals surface area contributed by atoms with E-state index in [0.717, 1.165) is 22.9 Å². The van der Waals surface area contributed by atoms with Crippen LogP contribution >= 0.6 is 0 Å². The van der Waals surface area contributed by atoms with Crippen molar-refractivity contribution in [1.82, 2.24) is 9.78 Å². The summed E-state index contributed by atoms with van der Waals surface area (Å²) in [7, 11) is 1.28. The van der Waals surface area contributed by atoms with Crippen molar-refractivity contribution >= 4 is 17.5 Å². The van der Waals surface area contributed by atoms with E-state index in [1.165, 1.54) is 13.1 Å². The largest absolute Gasteiger partial charge is 0.477 e. The molecule has 1 aromatic carbocycles. The minimum Gasteiger partial charge on any atom is -0.477 e. The summed E-state index contributed by atoms with van der Waals surface area (Å²) in [5, 5.41) is 12.4. The van der Waals surface area contributed by atoms with Crippen LogP contribution in [0.2, 0.25) is 0 Å². The topological polar surface area (TPSA) is 97.4 Å². The van der Waals surface area contributed by atoms with E-state index in [1.807, 2.05) is 0 Å². The van der Waals surface area contributed by atoms with E-state index in [9.17, 15) is 35.9 Å². The molecule has 0 spiro atoms. The molecule has 3 fully saturated rings. The number of alkyl halides is 6. The minimum atomic E-state index is -4.89. The highest BCUT2D eigenvalue weighted by Gasteiger charge is 2.75. The van der Waals surface area contributed by atoms with Crippen LogP contribution in [0.1, 0.15) is 37.1 Å². The summed E-state index contributed by atoms with van der Waals surface area (Å²) in [6.45, 7) is 3.06. The van der Waals surface area contributed by atoms with Gasteiger partial charge >= 0.3 is 12.4 Å². The maximum Gasteiger partial charge on any atom is 0.435 e. The number of nitriles is 1. The predicted molar refractivity (Wildman–Crippen MR) is 115 cm³/mol. The molecule has 2 aromatic rings. The Balaban J connectivity index is 1.43. The van der Waals surface area contributed by atoms with Gasteiger partial charge < -0.3 is 9.47 Å². The number of ether oxygens (including phenoxy) is 2. The molecule has 5 rings (SSSR count). The molecule has 5 atom stereocenters. The van der Waals surface area contributed by atoms with Crippen LogP contribution in [0.4, 0.5) is 32.0 Å². The van der Waals surface area contributed by atoms with Crippen LogP contribution in [0.5, 0.6) is 5.88 Å². The van der Waals surface area contributed by atoms with Gasteiger partial charge in [0.25, 0.3) is 0 Å². The van der Waals surface area contributed by atoms with Crippen molar-refractivity contribution in [2.75, 3.05) is 11.5 Å². The molecule has 2 amide bonds. The average Bonchev–Trinajstić information content (AvgIpc) is 3.47. The van der Waals surface area contributed by atoms with Crippen molar-refractivity contribution in [2.45, 2.75) is 43.8 Å². The van der Waals surface area contributed by atoms with Gasteiger partial charge in [0.2, 0.25) is 17.7 Å². The van der Waals surface area contributed by atoms with E-state index in [0.29, 0.717) is 11.0 Å². The molecule has 0 saturated carbocycles. The number of aromatic nitrogens is 2. The van der Waals surface area contributed by atoms with Gasteiger partial charge in [-0.2, -0.15) is 36.7 Å². The standard InChI is InChI=1S/C24H20F6N4O4/c1-21-8-12(10-37-16-7-15(24(28,29)30)32-33(16)3)22(2,38-21)18-17(21)19(35)34(20(18)36)13-5-4-11(9-31)14(6-13)23(25,26)27/h4-7,12,17-18H,8,10H2,1-3H3. The molecule has 0 N–H and O–H groups in total. The molecule has 8 nitrogen and oxygen atoms in total. The molecule has 4 heterocycles. The van der Waals surface area contributed by atoms with Gasteiger partial charge in [-0.3, -0.25) is 9.59 Å². The maximum atomic E-state index is 13.5. The van der Waals surface area contributed by atoms with Crippen LogP contribution < -0.4 is 9.64 Å². The van der Waals surface area contributed by atoms with Gasteiger partial charge in [0, 0.05) is 19.0 Å². The second-order valence-electron chi connectivity index (χ2n) is 10.1. The number of amides is 2. The summed E-state index contributed by atoms with van der Waals surface area (Å²) in [5.41, 5.74) is -5.79. The van der Waals surface area contributed by atoms with E-state index in [-0.39, 0.29) is 24.6 Å². The van der Waals surface area contributed by atoms with E-state index in [2.05, 4.69) is 5.10 Å². The SMILES string of the molecule is Cn1nc(C(F)(F)F)cc1OCC1CC2(C)OC1(C)C1C(=O)N(c3ccc(C#N)c(C(F)(F)F)c3)C(=O)C12. The van der Waals surface area contributed by atoms with Crippen LogP contribution in [0.25, 0.3) is 0 Å². The number of aryl methyl sites for hydroxylation is 1. The van der Waals surface area contributed by atoms with Gasteiger partial charge in [-0.1, -0.05) is 0 Å². The molecular weight excluding hydrogens is 522 g/mol. The van der Waals surface area contributed by atoms with Crippen LogP contribution in [-0.4, -0.2) is 39.4 Å². The van der Waals surface area contributed by atoms with Gasteiger partial charge in [0.1, 0.15) is 0 Å². The molecule has 3 aliphatic heterocycles. The molecule has 38 heavy (non-hydrogen) atoms. The first-order valence-corrected chi connectivity index (χ1v) is 11.4. The summed E-state index contributed by atoms with van der Waals surface area (Å²) in [6.07, 6.45) is -9.33. The zero-order valence-electron chi connectivity index (χ0n) is 20.1. The number of anilines is 1. The van der Waals surface area contributed by atoms with Gasteiger partial charge in [-0.15, -0.1) is 0 Å². The summed E-state index contributed by atoms with van der Waals surface area (Å²) >= 11 is 0. The second-order valence-corrected chi connectivity index (χ2v) is 10.1. The number of rotatable bonds is 4. The van der Waals surface area contributed by atoms with Crippen LogP contribution in [0, 0.1) is 29.1 Å². The average molecular weight is 542 g/mol. The Labute approximate surface area is 211 Å². The molecule has 0 radical (unpaired) electrons. The van der Waals surface area contributed by atoms with Crippen molar-refractivity contribution in [3.8, 4) is 11.9 Å². The number of fused-ring (bicyclic) bond motifs is 5. The molecule has 5 unspecified atom stereocenters. The lowest BCUT2D eigenvalue weighted by atomic mass is 9.64. The first-order valence-electron chi connectivity index (χ1n) is 11.4. The lowest BCUT2D eigenvalue weighted by Crippen LogP contribution is -2.48. The zero-order chi connectivity index (χ0) is 28.0. The Morgan fingerprint density at radius 3 is 2.34 bits per heavy atom. The normalized spacial score (nSPS) is 30.6. The van der Waals surface area contributed by atoms with Gasteiger partial charge in [0.15, 0.2) is 5.69 Å². The van der Waals surface area contributed by atoms with Crippen LogP contribution in [0.3, 0.4) is 0 Å². The number of halogens is 6. The molecule has 3 saturated heterocycles. The third-order valence-corrected chi connectivity index (χ3v) is 7.74. The quantitative estimate of drug-likeness (QED) is 0.427. The third kappa shape index (κ3) is 3.66. The van der Waals surface area contributed by atoms with Crippen molar-refractivity contribution in [1.29, 1.82) is 5.26 Å². The Bertz CT molecular complexity index is 1400. The lowest BCUT2D eigenvalue weighted by Gasteiger charge is -2.35. The highest BCUT2D eigenvalue weighted by molar-refractivity contribution is 6.23. The summed E-state index contributed by atoms with van der Waals surface area (Å²) in [4.78, 5) is 27.6. The number of hydrogen-bond acceptors (Lipinski definition) is 6. The van der Waals surface area contributed by atoms with E-state index >= 15 is 0 Å². The number of hydrogen-bond donors (Lipinski definition) is 0. The highest BCUT2D eigenvalue weighted by Crippen LogP contribution is 2.63. The fourth-order valence-corrected chi connectivity index (χ4v) is 6.08. The molecule has 0 aliphatic carbocycles. The number of nitrogens with zero attached hydrogens (tertiary/aromatic N) is 4. The van der Waals surface area contributed by atoms with E-state index in [4.69, 9.17) is 14.7 Å². The number of carbonyl (C=O) groups excluding carboxylic acids is 2. The fourth-order valence-electron chi connectivity index (χ4n) is 6.08. The molecular formula is C24H20F6N4O4. The van der Waals surface area contributed by atoms with Gasteiger partial charge in [-0.05, 0) is 38.5 Å². The predicted octanol–water partition coefficient (Wildman–Crippen LogP) is 4.08.